The minimum atomic E-state index is -0.0142. The number of benzene rings is 1. The predicted octanol–water partition coefficient (Wildman–Crippen LogP) is 2.02. The summed E-state index contributed by atoms with van der Waals surface area (Å²) in [7, 11) is 0. The lowest BCUT2D eigenvalue weighted by atomic mass is 9.75. The molecule has 1 aromatic carbocycles. The van der Waals surface area contributed by atoms with Gasteiger partial charge >= 0.3 is 0 Å². The van der Waals surface area contributed by atoms with Gasteiger partial charge in [-0.1, -0.05) is 6.07 Å². The van der Waals surface area contributed by atoms with Gasteiger partial charge in [-0.3, -0.25) is 4.68 Å². The molecule has 2 aromatic rings. The van der Waals surface area contributed by atoms with E-state index in [1.807, 2.05) is 18.2 Å². The van der Waals surface area contributed by atoms with E-state index in [2.05, 4.69) is 22.2 Å². The fraction of sp³-hybridized carbons (Fsp3) is 0.333. The second kappa shape index (κ2) is 5.14. The summed E-state index contributed by atoms with van der Waals surface area (Å²) in [5.41, 5.74) is 3.02. The van der Waals surface area contributed by atoms with Gasteiger partial charge < -0.3 is 0 Å². The molecule has 1 aromatic heterocycles. The Morgan fingerprint density at radius 3 is 2.95 bits per heavy atom. The molecule has 0 saturated heterocycles. The molecule has 5 nitrogen and oxygen atoms in total. The fourth-order valence-electron chi connectivity index (χ4n) is 2.89. The highest BCUT2D eigenvalue weighted by Crippen LogP contribution is 2.37. The summed E-state index contributed by atoms with van der Waals surface area (Å²) < 4.78 is 1.77. The quantitative estimate of drug-likeness (QED) is 0.830. The largest absolute Gasteiger partial charge is 0.252 e. The van der Waals surface area contributed by atoms with Crippen molar-refractivity contribution in [1.82, 2.24) is 14.8 Å². The zero-order chi connectivity index (χ0) is 13.9. The first-order valence-electron chi connectivity index (χ1n) is 6.57. The van der Waals surface area contributed by atoms with E-state index in [1.54, 1.807) is 11.0 Å². The van der Waals surface area contributed by atoms with Crippen molar-refractivity contribution in [3.8, 4) is 12.1 Å². The van der Waals surface area contributed by atoms with Gasteiger partial charge in [-0.15, -0.1) is 0 Å². The minimum Gasteiger partial charge on any atom is -0.252 e. The zero-order valence-corrected chi connectivity index (χ0v) is 10.9. The molecule has 5 heteroatoms. The van der Waals surface area contributed by atoms with Crippen LogP contribution in [-0.2, 0) is 13.0 Å². The van der Waals surface area contributed by atoms with E-state index in [4.69, 9.17) is 5.26 Å². The van der Waals surface area contributed by atoms with Crippen molar-refractivity contribution in [2.75, 3.05) is 0 Å². The van der Waals surface area contributed by atoms with Gasteiger partial charge in [0.1, 0.15) is 12.7 Å². The highest BCUT2D eigenvalue weighted by Gasteiger charge is 2.30. The molecule has 2 atom stereocenters. The number of nitrogens with zero attached hydrogens (tertiary/aromatic N) is 5. The van der Waals surface area contributed by atoms with Crippen LogP contribution >= 0.6 is 0 Å². The van der Waals surface area contributed by atoms with Crippen LogP contribution in [0.25, 0.3) is 0 Å². The first kappa shape index (κ1) is 12.4. The third-order valence-corrected chi connectivity index (χ3v) is 3.90. The van der Waals surface area contributed by atoms with Crippen LogP contribution in [-0.4, -0.2) is 14.8 Å². The van der Waals surface area contributed by atoms with Crippen molar-refractivity contribution in [3.63, 3.8) is 0 Å². The summed E-state index contributed by atoms with van der Waals surface area (Å²) in [5, 5.41) is 22.5. The van der Waals surface area contributed by atoms with E-state index in [-0.39, 0.29) is 11.8 Å². The number of nitriles is 2. The lowest BCUT2D eigenvalue weighted by Crippen LogP contribution is -2.24. The molecule has 0 bridgehead atoms. The van der Waals surface area contributed by atoms with Crippen LogP contribution in [0.5, 0.6) is 0 Å². The van der Waals surface area contributed by atoms with E-state index in [9.17, 15) is 5.26 Å². The van der Waals surface area contributed by atoms with Crippen molar-refractivity contribution in [1.29, 1.82) is 10.5 Å². The van der Waals surface area contributed by atoms with E-state index in [0.717, 1.165) is 18.4 Å². The standard InChI is InChI=1S/C15H13N5/c16-6-11-1-4-14-12(5-11)2-3-13(7-17)15(14)8-20-10-18-9-19-20/h1,4-5,9-10,13,15H,2-3,8H2/t13-,15+/m1/s1. The first-order chi connectivity index (χ1) is 9.81. The topological polar surface area (TPSA) is 78.3 Å². The number of aryl methyl sites for hydroxylation is 1. The molecule has 0 saturated carbocycles. The molecule has 0 N–H and O–H groups in total. The van der Waals surface area contributed by atoms with Crippen molar-refractivity contribution in [3.05, 3.63) is 47.5 Å². The molecule has 0 radical (unpaired) electrons. The third kappa shape index (κ3) is 2.15. The molecule has 3 rings (SSSR count). The second-order valence-corrected chi connectivity index (χ2v) is 5.02. The van der Waals surface area contributed by atoms with Crippen LogP contribution in [0.15, 0.2) is 30.9 Å². The van der Waals surface area contributed by atoms with Gasteiger partial charge in [-0.2, -0.15) is 15.6 Å². The summed E-state index contributed by atoms with van der Waals surface area (Å²) in [6.07, 6.45) is 4.87. The van der Waals surface area contributed by atoms with Gasteiger partial charge in [0.05, 0.1) is 30.2 Å². The number of rotatable bonds is 2. The highest BCUT2D eigenvalue weighted by atomic mass is 15.3. The average molecular weight is 263 g/mol. The van der Waals surface area contributed by atoms with E-state index >= 15 is 0 Å². The normalized spacial score (nSPS) is 20.7. The average Bonchev–Trinajstić information content (AvgIpc) is 3.00. The monoisotopic (exact) mass is 263 g/mol. The lowest BCUT2D eigenvalue weighted by molar-refractivity contribution is 0.389. The molecule has 98 valence electrons. The molecule has 1 heterocycles. The van der Waals surface area contributed by atoms with E-state index in [0.29, 0.717) is 12.1 Å². The Hall–Kier alpha value is -2.66. The summed E-state index contributed by atoms with van der Waals surface area (Å²) in [4.78, 5) is 3.95. The Bertz CT molecular complexity index is 690. The molecule has 1 aliphatic rings. The highest BCUT2D eigenvalue weighted by molar-refractivity contribution is 5.42. The lowest BCUT2D eigenvalue weighted by Gasteiger charge is -2.29. The molecule has 20 heavy (non-hydrogen) atoms. The van der Waals surface area contributed by atoms with Gasteiger partial charge in [-0.05, 0) is 36.1 Å². The number of hydrogen-bond donors (Lipinski definition) is 0. The maximum atomic E-state index is 9.37. The molecule has 0 spiro atoms. The maximum absolute atomic E-state index is 9.37. The zero-order valence-electron chi connectivity index (χ0n) is 10.9. The van der Waals surface area contributed by atoms with Crippen molar-refractivity contribution >= 4 is 0 Å². The molecule has 0 amide bonds. The van der Waals surface area contributed by atoms with Crippen LogP contribution in [0.1, 0.15) is 29.0 Å². The van der Waals surface area contributed by atoms with Crippen molar-refractivity contribution in [2.45, 2.75) is 25.3 Å². The van der Waals surface area contributed by atoms with Gasteiger partial charge in [0, 0.05) is 5.92 Å². The predicted molar refractivity (Wildman–Crippen MR) is 71.3 cm³/mol. The maximum Gasteiger partial charge on any atom is 0.137 e. The SMILES string of the molecule is N#Cc1ccc2c(c1)CC[C@H](C#N)[C@@H]2Cn1cncn1. The number of fused-ring (bicyclic) bond motifs is 1. The molecule has 0 unspecified atom stereocenters. The number of hydrogen-bond acceptors (Lipinski definition) is 4. The Morgan fingerprint density at radius 2 is 2.25 bits per heavy atom. The van der Waals surface area contributed by atoms with Gasteiger partial charge in [0.15, 0.2) is 0 Å². The van der Waals surface area contributed by atoms with E-state index < -0.39 is 0 Å². The van der Waals surface area contributed by atoms with Crippen LogP contribution in [0, 0.1) is 28.6 Å². The third-order valence-electron chi connectivity index (χ3n) is 3.90. The van der Waals surface area contributed by atoms with Gasteiger partial charge in [0.2, 0.25) is 0 Å². The number of aromatic nitrogens is 3. The Kier molecular flexibility index (Phi) is 3.18. The molecular formula is C15H13N5. The van der Waals surface area contributed by atoms with Crippen LogP contribution in [0.2, 0.25) is 0 Å². The summed E-state index contributed by atoms with van der Waals surface area (Å²) in [6, 6.07) is 10.3. The van der Waals surface area contributed by atoms with Crippen LogP contribution < -0.4 is 0 Å². The van der Waals surface area contributed by atoms with E-state index in [1.165, 1.54) is 11.9 Å². The Labute approximate surface area is 117 Å². The second-order valence-electron chi connectivity index (χ2n) is 5.02. The molecular weight excluding hydrogens is 250 g/mol. The van der Waals surface area contributed by atoms with Gasteiger partial charge in [-0.25, -0.2) is 4.98 Å². The summed E-state index contributed by atoms with van der Waals surface area (Å²) >= 11 is 0. The van der Waals surface area contributed by atoms with Crippen molar-refractivity contribution < 1.29 is 0 Å². The van der Waals surface area contributed by atoms with Gasteiger partial charge in [0.25, 0.3) is 0 Å². The van der Waals surface area contributed by atoms with Crippen molar-refractivity contribution in [2.24, 2.45) is 5.92 Å². The molecule has 0 fully saturated rings. The Morgan fingerprint density at radius 1 is 1.35 bits per heavy atom. The Balaban J connectivity index is 1.98. The van der Waals surface area contributed by atoms with Crippen LogP contribution in [0.4, 0.5) is 0 Å². The summed E-state index contributed by atoms with van der Waals surface area (Å²) in [6.45, 7) is 0.650. The smallest absolute Gasteiger partial charge is 0.137 e. The minimum absolute atomic E-state index is 0.0142. The molecule has 1 aliphatic carbocycles. The fourth-order valence-corrected chi connectivity index (χ4v) is 2.89. The first-order valence-corrected chi connectivity index (χ1v) is 6.57. The summed E-state index contributed by atoms with van der Waals surface area (Å²) in [5.74, 6) is 0.0952. The molecule has 0 aliphatic heterocycles. The van der Waals surface area contributed by atoms with Crippen LogP contribution in [0.3, 0.4) is 0 Å².